The maximum Gasteiger partial charge on any atom is 0.252 e. The standard InChI is InChI=1S/C24H32FN7O2/c1-13(26)21(14-6-7-14)29-24-18(25)12-17(22(27)33)23(30-24)28-15-8-9-20-16(11-15)19(31-32(20)2)5-4-10-34-3/h8-9,11-14,21H,4-7,10,26H2,1-3H3,(H2,27,33)(H2,28,29,30)/t13-,21-/m0/s1. The number of aryl methyl sites for hydroxylation is 2. The molecule has 6 N–H and O–H groups in total. The van der Waals surface area contributed by atoms with Crippen LogP contribution in [0.4, 0.5) is 21.7 Å². The third kappa shape index (κ3) is 5.13. The van der Waals surface area contributed by atoms with Crippen LogP contribution in [0.5, 0.6) is 0 Å². The molecule has 1 amide bonds. The number of nitrogens with one attached hydrogen (secondary N) is 2. The van der Waals surface area contributed by atoms with Gasteiger partial charge in [-0.2, -0.15) is 5.10 Å². The number of anilines is 3. The van der Waals surface area contributed by atoms with Crippen molar-refractivity contribution in [3.8, 4) is 0 Å². The van der Waals surface area contributed by atoms with E-state index in [1.165, 1.54) is 0 Å². The van der Waals surface area contributed by atoms with Gasteiger partial charge in [0.1, 0.15) is 5.82 Å². The molecular formula is C24H32FN7O2. The molecule has 9 nitrogen and oxygen atoms in total. The number of nitrogens with zero attached hydrogens (tertiary/aromatic N) is 3. The fourth-order valence-corrected chi connectivity index (χ4v) is 4.29. The lowest BCUT2D eigenvalue weighted by molar-refractivity contribution is 0.100. The van der Waals surface area contributed by atoms with E-state index in [4.69, 9.17) is 16.2 Å². The SMILES string of the molecule is COCCCc1nn(C)c2ccc(Nc3nc(N[C@H](C4CC4)[C@H](C)N)c(F)cc3C(N)=O)cc12. The number of hydrogen-bond acceptors (Lipinski definition) is 7. The molecule has 0 bridgehead atoms. The smallest absolute Gasteiger partial charge is 0.252 e. The summed E-state index contributed by atoms with van der Waals surface area (Å²) in [4.78, 5) is 16.4. The highest BCUT2D eigenvalue weighted by Gasteiger charge is 2.34. The van der Waals surface area contributed by atoms with Crippen molar-refractivity contribution in [3.63, 3.8) is 0 Å². The van der Waals surface area contributed by atoms with Gasteiger partial charge in [0.25, 0.3) is 5.91 Å². The lowest BCUT2D eigenvalue weighted by Gasteiger charge is -2.23. The number of hydrogen-bond donors (Lipinski definition) is 4. The van der Waals surface area contributed by atoms with E-state index >= 15 is 0 Å². The molecule has 10 heteroatoms. The van der Waals surface area contributed by atoms with Crippen LogP contribution in [0.2, 0.25) is 0 Å². The van der Waals surface area contributed by atoms with Crippen LogP contribution in [-0.2, 0) is 18.2 Å². The molecule has 2 atom stereocenters. The number of ether oxygens (including phenoxy) is 1. The van der Waals surface area contributed by atoms with Crippen molar-refractivity contribution in [2.75, 3.05) is 24.4 Å². The number of methoxy groups -OCH3 is 1. The van der Waals surface area contributed by atoms with Crippen molar-refractivity contribution in [1.29, 1.82) is 0 Å². The number of nitrogens with two attached hydrogens (primary N) is 2. The summed E-state index contributed by atoms with van der Waals surface area (Å²) in [5, 5.41) is 11.9. The Labute approximate surface area is 198 Å². The largest absolute Gasteiger partial charge is 0.385 e. The van der Waals surface area contributed by atoms with Crippen molar-refractivity contribution in [3.05, 3.63) is 41.3 Å². The van der Waals surface area contributed by atoms with Crippen LogP contribution in [-0.4, -0.2) is 46.5 Å². The summed E-state index contributed by atoms with van der Waals surface area (Å²) in [6.45, 7) is 2.54. The van der Waals surface area contributed by atoms with Gasteiger partial charge in [-0.15, -0.1) is 0 Å². The molecule has 1 aliphatic carbocycles. The number of fused-ring (bicyclic) bond motifs is 1. The minimum atomic E-state index is -0.769. The van der Waals surface area contributed by atoms with Crippen LogP contribution in [0.1, 0.15) is 42.2 Å². The van der Waals surface area contributed by atoms with Crippen LogP contribution in [0.15, 0.2) is 24.3 Å². The van der Waals surface area contributed by atoms with Crippen molar-refractivity contribution in [2.24, 2.45) is 24.4 Å². The molecule has 0 saturated heterocycles. The first-order valence-electron chi connectivity index (χ1n) is 11.5. The van der Waals surface area contributed by atoms with Crippen molar-refractivity contribution >= 4 is 34.1 Å². The summed E-state index contributed by atoms with van der Waals surface area (Å²) in [5.74, 6) is -0.801. The van der Waals surface area contributed by atoms with Gasteiger partial charge in [0, 0.05) is 43.9 Å². The quantitative estimate of drug-likeness (QED) is 0.317. The normalized spacial score (nSPS) is 15.3. The Kier molecular flexibility index (Phi) is 6.99. The first-order chi connectivity index (χ1) is 16.3. The zero-order chi connectivity index (χ0) is 24.4. The third-order valence-corrected chi connectivity index (χ3v) is 6.19. The molecule has 1 aliphatic rings. The van der Waals surface area contributed by atoms with Gasteiger partial charge in [0.2, 0.25) is 0 Å². The lowest BCUT2D eigenvalue weighted by atomic mass is 10.1. The second-order valence-electron chi connectivity index (χ2n) is 8.97. The van der Waals surface area contributed by atoms with Gasteiger partial charge < -0.3 is 26.8 Å². The van der Waals surface area contributed by atoms with Gasteiger partial charge in [-0.3, -0.25) is 9.48 Å². The highest BCUT2D eigenvalue weighted by Crippen LogP contribution is 2.36. The Morgan fingerprint density at radius 2 is 2.09 bits per heavy atom. The van der Waals surface area contributed by atoms with Gasteiger partial charge in [-0.05, 0) is 62.8 Å². The first-order valence-corrected chi connectivity index (χ1v) is 11.5. The average molecular weight is 470 g/mol. The predicted molar refractivity (Wildman–Crippen MR) is 131 cm³/mol. The fourth-order valence-electron chi connectivity index (χ4n) is 4.29. The lowest BCUT2D eigenvalue weighted by Crippen LogP contribution is -2.40. The van der Waals surface area contributed by atoms with Crippen molar-refractivity contribution in [2.45, 2.75) is 44.7 Å². The molecule has 4 rings (SSSR count). The summed E-state index contributed by atoms with van der Waals surface area (Å²) in [7, 11) is 3.57. The summed E-state index contributed by atoms with van der Waals surface area (Å²) in [6.07, 6.45) is 3.71. The predicted octanol–water partition coefficient (Wildman–Crippen LogP) is 3.07. The third-order valence-electron chi connectivity index (χ3n) is 6.19. The van der Waals surface area contributed by atoms with Gasteiger partial charge in [0.05, 0.1) is 16.8 Å². The topological polar surface area (TPSA) is 133 Å². The number of carbonyl (C=O) groups excluding carboxylic acids is 1. The molecule has 0 unspecified atom stereocenters. The number of pyridine rings is 1. The number of carbonyl (C=O) groups is 1. The molecule has 182 valence electrons. The van der Waals surface area contributed by atoms with E-state index in [9.17, 15) is 9.18 Å². The molecular weight excluding hydrogens is 437 g/mol. The molecule has 0 spiro atoms. The first kappa shape index (κ1) is 23.9. The van der Waals surface area contributed by atoms with E-state index < -0.39 is 11.7 Å². The Morgan fingerprint density at radius 3 is 2.74 bits per heavy atom. The minimum absolute atomic E-state index is 0.0292. The van der Waals surface area contributed by atoms with E-state index in [1.807, 2.05) is 36.9 Å². The molecule has 2 aromatic heterocycles. The van der Waals surface area contributed by atoms with Gasteiger partial charge >= 0.3 is 0 Å². The number of primary amides is 1. The summed E-state index contributed by atoms with van der Waals surface area (Å²) in [5.41, 5.74) is 14.2. The van der Waals surface area contributed by atoms with Crippen molar-refractivity contribution < 1.29 is 13.9 Å². The molecule has 3 aromatic rings. The Morgan fingerprint density at radius 1 is 1.32 bits per heavy atom. The average Bonchev–Trinajstić information content (AvgIpc) is 3.58. The summed E-state index contributed by atoms with van der Waals surface area (Å²) < 4.78 is 21.8. The zero-order valence-corrected chi connectivity index (χ0v) is 19.8. The maximum absolute atomic E-state index is 14.8. The number of rotatable bonds is 11. The van der Waals surface area contributed by atoms with Crippen LogP contribution >= 0.6 is 0 Å². The monoisotopic (exact) mass is 469 g/mol. The highest BCUT2D eigenvalue weighted by atomic mass is 19.1. The number of halogens is 1. The van der Waals surface area contributed by atoms with Crippen LogP contribution in [0.3, 0.4) is 0 Å². The van der Waals surface area contributed by atoms with Gasteiger partial charge in [-0.1, -0.05) is 0 Å². The molecule has 2 heterocycles. The van der Waals surface area contributed by atoms with Gasteiger partial charge in [-0.25, -0.2) is 9.37 Å². The van der Waals surface area contributed by atoms with Crippen LogP contribution in [0, 0.1) is 11.7 Å². The second-order valence-corrected chi connectivity index (χ2v) is 8.97. The number of benzene rings is 1. The fraction of sp³-hybridized carbons (Fsp3) is 0.458. The van der Waals surface area contributed by atoms with E-state index in [1.54, 1.807) is 7.11 Å². The van der Waals surface area contributed by atoms with E-state index in [-0.39, 0.29) is 29.3 Å². The molecule has 1 fully saturated rings. The Balaban J connectivity index is 1.66. The highest BCUT2D eigenvalue weighted by molar-refractivity contribution is 5.99. The van der Waals surface area contributed by atoms with Crippen LogP contribution < -0.4 is 22.1 Å². The molecule has 0 aliphatic heterocycles. The Bertz CT molecular complexity index is 1190. The molecule has 34 heavy (non-hydrogen) atoms. The summed E-state index contributed by atoms with van der Waals surface area (Å²) in [6, 6.07) is 6.59. The molecule has 1 saturated carbocycles. The zero-order valence-electron chi connectivity index (χ0n) is 19.8. The second kappa shape index (κ2) is 9.94. The minimum Gasteiger partial charge on any atom is -0.385 e. The van der Waals surface area contributed by atoms with Crippen molar-refractivity contribution in [1.82, 2.24) is 14.8 Å². The van der Waals surface area contributed by atoms with E-state index in [0.29, 0.717) is 18.2 Å². The number of amides is 1. The molecule has 0 radical (unpaired) electrons. The summed E-state index contributed by atoms with van der Waals surface area (Å²) >= 11 is 0. The van der Waals surface area contributed by atoms with E-state index in [2.05, 4.69) is 20.7 Å². The molecule has 1 aromatic carbocycles. The van der Waals surface area contributed by atoms with E-state index in [0.717, 1.165) is 48.3 Å². The Hall–Kier alpha value is -3.24. The maximum atomic E-state index is 14.8. The number of aromatic nitrogens is 3. The van der Waals surface area contributed by atoms with Gasteiger partial charge in [0.15, 0.2) is 11.6 Å². The van der Waals surface area contributed by atoms with Crippen LogP contribution in [0.25, 0.3) is 10.9 Å².